The Morgan fingerprint density at radius 3 is 2.83 bits per heavy atom. The van der Waals surface area contributed by atoms with E-state index in [-0.39, 0.29) is 11.7 Å². The Bertz CT molecular complexity index is 1240. The normalized spacial score (nSPS) is 28.0. The van der Waals surface area contributed by atoms with E-state index in [0.29, 0.717) is 37.4 Å². The SMILES string of the molecule is CC1(C)CCC(COc2cccc(-c3cn([C@H]4C[C@H](CN5CC[C@@H](F)C5)C4)c4ncnc(N)c34)c2)O1. The molecule has 1 aromatic carbocycles. The fraction of sp³-hybridized carbons (Fsp3) is 0.571. The largest absolute Gasteiger partial charge is 0.491 e. The number of nitrogens with zero attached hydrogens (tertiary/aromatic N) is 4. The predicted octanol–water partition coefficient (Wildman–Crippen LogP) is 5.01. The molecule has 192 valence electrons. The molecule has 2 atom stereocenters. The molecule has 3 aromatic rings. The van der Waals surface area contributed by atoms with Crippen molar-refractivity contribution in [1.82, 2.24) is 19.4 Å². The number of hydrogen-bond acceptors (Lipinski definition) is 6. The molecule has 0 bridgehead atoms. The van der Waals surface area contributed by atoms with Gasteiger partial charge in [0, 0.05) is 37.4 Å². The number of alkyl halides is 1. The first-order valence-electron chi connectivity index (χ1n) is 13.2. The van der Waals surface area contributed by atoms with E-state index in [4.69, 9.17) is 15.2 Å². The molecule has 3 fully saturated rings. The number of aromatic nitrogens is 3. The van der Waals surface area contributed by atoms with Gasteiger partial charge in [-0.2, -0.15) is 0 Å². The van der Waals surface area contributed by atoms with Crippen molar-refractivity contribution in [2.45, 2.75) is 69.9 Å². The Kier molecular flexibility index (Phi) is 6.12. The van der Waals surface area contributed by atoms with Crippen molar-refractivity contribution in [1.29, 1.82) is 0 Å². The number of hydrogen-bond donors (Lipinski definition) is 1. The summed E-state index contributed by atoms with van der Waals surface area (Å²) in [6.45, 7) is 7.26. The number of rotatable bonds is 7. The van der Waals surface area contributed by atoms with Crippen LogP contribution < -0.4 is 10.5 Å². The standard InChI is InChI=1S/C28H36FN5O2/c1-28(2)8-6-23(36-28)16-35-22-5-3-4-19(12-22)24-15-34(27-25(24)26(30)31-17-32-27)21-10-18(11-21)13-33-9-7-20(29)14-33/h3-5,12,15,17-18,20-21,23H,6-11,13-14,16H2,1-2H3,(H2,30,31,32)/t18-,20-,21-,23?/m1/s1. The van der Waals surface area contributed by atoms with E-state index in [1.807, 2.05) is 12.1 Å². The molecule has 0 spiro atoms. The van der Waals surface area contributed by atoms with Gasteiger partial charge in [0.05, 0.1) is 17.1 Å². The highest BCUT2D eigenvalue weighted by Gasteiger charge is 2.35. The van der Waals surface area contributed by atoms with Crippen LogP contribution in [0.15, 0.2) is 36.8 Å². The number of likely N-dealkylation sites (tertiary alicyclic amines) is 1. The first-order chi connectivity index (χ1) is 17.3. The summed E-state index contributed by atoms with van der Waals surface area (Å²) in [5.74, 6) is 1.90. The van der Waals surface area contributed by atoms with Gasteiger partial charge in [0.15, 0.2) is 0 Å². The molecule has 3 aliphatic rings. The van der Waals surface area contributed by atoms with Gasteiger partial charge in [0.2, 0.25) is 0 Å². The molecule has 1 unspecified atom stereocenters. The fourth-order valence-electron chi connectivity index (χ4n) is 6.14. The van der Waals surface area contributed by atoms with E-state index in [1.165, 1.54) is 0 Å². The Morgan fingerprint density at radius 1 is 1.22 bits per heavy atom. The zero-order valence-corrected chi connectivity index (χ0v) is 21.2. The van der Waals surface area contributed by atoms with Gasteiger partial charge in [0.1, 0.15) is 36.3 Å². The van der Waals surface area contributed by atoms with Gasteiger partial charge in [-0.1, -0.05) is 12.1 Å². The Morgan fingerprint density at radius 2 is 2.08 bits per heavy atom. The maximum absolute atomic E-state index is 13.6. The smallest absolute Gasteiger partial charge is 0.146 e. The summed E-state index contributed by atoms with van der Waals surface area (Å²) < 4.78 is 28.0. The number of nitrogen functional groups attached to an aromatic ring is 1. The number of halogens is 1. The lowest BCUT2D eigenvalue weighted by Gasteiger charge is -2.38. The number of benzene rings is 1. The van der Waals surface area contributed by atoms with Gasteiger partial charge in [-0.25, -0.2) is 14.4 Å². The van der Waals surface area contributed by atoms with Gasteiger partial charge < -0.3 is 24.7 Å². The van der Waals surface area contributed by atoms with Crippen molar-refractivity contribution in [2.75, 3.05) is 32.0 Å². The van der Waals surface area contributed by atoms with Crippen LogP contribution in [-0.2, 0) is 4.74 Å². The number of fused-ring (bicyclic) bond motifs is 1. The van der Waals surface area contributed by atoms with Gasteiger partial charge in [-0.05, 0) is 69.6 Å². The predicted molar refractivity (Wildman–Crippen MR) is 139 cm³/mol. The molecule has 7 nitrogen and oxygen atoms in total. The Balaban J connectivity index is 1.20. The van der Waals surface area contributed by atoms with E-state index >= 15 is 0 Å². The molecule has 8 heteroatoms. The second kappa shape index (κ2) is 9.30. The molecule has 6 rings (SSSR count). The first kappa shape index (κ1) is 23.7. The van der Waals surface area contributed by atoms with Crippen molar-refractivity contribution in [3.05, 3.63) is 36.8 Å². The molecule has 0 amide bonds. The van der Waals surface area contributed by atoms with Crippen LogP contribution in [0.3, 0.4) is 0 Å². The summed E-state index contributed by atoms with van der Waals surface area (Å²) in [5, 5.41) is 0.888. The van der Waals surface area contributed by atoms with E-state index < -0.39 is 6.17 Å². The molecule has 2 aromatic heterocycles. The maximum atomic E-state index is 13.6. The average molecular weight is 494 g/mol. The van der Waals surface area contributed by atoms with E-state index in [2.05, 4.69) is 51.6 Å². The summed E-state index contributed by atoms with van der Waals surface area (Å²) >= 11 is 0. The Hall–Kier alpha value is -2.71. The van der Waals surface area contributed by atoms with Crippen LogP contribution in [0.25, 0.3) is 22.2 Å². The van der Waals surface area contributed by atoms with Gasteiger partial charge in [-0.3, -0.25) is 0 Å². The molecule has 2 saturated heterocycles. The number of ether oxygens (including phenoxy) is 2. The topological polar surface area (TPSA) is 78.4 Å². The zero-order valence-electron chi connectivity index (χ0n) is 21.2. The lowest BCUT2D eigenvalue weighted by molar-refractivity contribution is -0.0326. The van der Waals surface area contributed by atoms with Crippen LogP contribution in [0, 0.1) is 5.92 Å². The minimum atomic E-state index is -0.659. The van der Waals surface area contributed by atoms with Crippen LogP contribution in [0.2, 0.25) is 0 Å². The summed E-state index contributed by atoms with van der Waals surface area (Å²) in [6.07, 6.45) is 8.06. The second-order valence-corrected chi connectivity index (χ2v) is 11.4. The van der Waals surface area contributed by atoms with Crippen molar-refractivity contribution >= 4 is 16.9 Å². The molecule has 36 heavy (non-hydrogen) atoms. The molecule has 0 radical (unpaired) electrons. The van der Waals surface area contributed by atoms with Crippen LogP contribution in [-0.4, -0.2) is 63.6 Å². The van der Waals surface area contributed by atoms with Gasteiger partial charge >= 0.3 is 0 Å². The van der Waals surface area contributed by atoms with Gasteiger partial charge in [0.25, 0.3) is 0 Å². The maximum Gasteiger partial charge on any atom is 0.146 e. The minimum absolute atomic E-state index is 0.0695. The number of anilines is 1. The zero-order chi connectivity index (χ0) is 24.9. The van der Waals surface area contributed by atoms with Crippen LogP contribution in [0.4, 0.5) is 10.2 Å². The molecular weight excluding hydrogens is 457 g/mol. The minimum Gasteiger partial charge on any atom is -0.491 e. The number of nitrogens with two attached hydrogens (primary N) is 1. The summed E-state index contributed by atoms with van der Waals surface area (Å²) in [5.41, 5.74) is 9.23. The van der Waals surface area contributed by atoms with Gasteiger partial charge in [-0.15, -0.1) is 0 Å². The highest BCUT2D eigenvalue weighted by Crippen LogP contribution is 2.43. The highest BCUT2D eigenvalue weighted by molar-refractivity contribution is 6.00. The summed E-state index contributed by atoms with van der Waals surface area (Å²) in [6, 6.07) is 8.51. The average Bonchev–Trinajstić information content (AvgIpc) is 3.52. The molecule has 1 saturated carbocycles. The molecule has 2 N–H and O–H groups in total. The summed E-state index contributed by atoms with van der Waals surface area (Å²) in [7, 11) is 0. The lowest BCUT2D eigenvalue weighted by Crippen LogP contribution is -2.36. The van der Waals surface area contributed by atoms with Crippen molar-refractivity contribution in [3.8, 4) is 16.9 Å². The second-order valence-electron chi connectivity index (χ2n) is 11.4. The van der Waals surface area contributed by atoms with Crippen molar-refractivity contribution in [2.24, 2.45) is 5.92 Å². The van der Waals surface area contributed by atoms with Crippen LogP contribution >= 0.6 is 0 Å². The monoisotopic (exact) mass is 493 g/mol. The third-order valence-corrected chi connectivity index (χ3v) is 8.11. The van der Waals surface area contributed by atoms with E-state index in [0.717, 1.165) is 66.7 Å². The molecule has 2 aliphatic heterocycles. The summed E-state index contributed by atoms with van der Waals surface area (Å²) in [4.78, 5) is 11.2. The third kappa shape index (κ3) is 4.68. The van der Waals surface area contributed by atoms with Crippen molar-refractivity contribution < 1.29 is 13.9 Å². The first-order valence-corrected chi connectivity index (χ1v) is 13.2. The van der Waals surface area contributed by atoms with E-state index in [1.54, 1.807) is 6.33 Å². The fourth-order valence-corrected chi connectivity index (χ4v) is 6.14. The highest BCUT2D eigenvalue weighted by atomic mass is 19.1. The quantitative estimate of drug-likeness (QED) is 0.498. The Labute approximate surface area is 211 Å². The van der Waals surface area contributed by atoms with E-state index in [9.17, 15) is 4.39 Å². The van der Waals surface area contributed by atoms with Crippen LogP contribution in [0.5, 0.6) is 5.75 Å². The molecule has 4 heterocycles. The lowest BCUT2D eigenvalue weighted by atomic mass is 9.79. The molecular formula is C28H36FN5O2. The van der Waals surface area contributed by atoms with Crippen molar-refractivity contribution in [3.63, 3.8) is 0 Å². The molecule has 1 aliphatic carbocycles. The van der Waals surface area contributed by atoms with Crippen LogP contribution in [0.1, 0.15) is 52.0 Å². The third-order valence-electron chi connectivity index (χ3n) is 8.11.